The number of hydrogen-bond donors (Lipinski definition) is 1. The summed E-state index contributed by atoms with van der Waals surface area (Å²) < 4.78 is 0. The highest BCUT2D eigenvalue weighted by Crippen LogP contribution is 2.37. The summed E-state index contributed by atoms with van der Waals surface area (Å²) >= 11 is 0. The first kappa shape index (κ1) is 13.6. The number of nitrogens with zero attached hydrogens (tertiary/aromatic N) is 1. The average Bonchev–Trinajstić information content (AvgIpc) is 2.96. The fourth-order valence-electron chi connectivity index (χ4n) is 3.47. The van der Waals surface area contributed by atoms with Gasteiger partial charge in [-0.15, -0.1) is 0 Å². The Kier molecular flexibility index (Phi) is 4.41. The normalized spacial score (nSPS) is 19.1. The molecule has 2 N–H and O–H groups in total. The molecule has 0 saturated carbocycles. The Labute approximate surface area is 111 Å². The summed E-state index contributed by atoms with van der Waals surface area (Å²) in [6.45, 7) is 6.99. The third-order valence-corrected chi connectivity index (χ3v) is 4.70. The van der Waals surface area contributed by atoms with E-state index < -0.39 is 0 Å². The molecule has 1 aliphatic rings. The minimum Gasteiger partial charge on any atom is -0.322 e. The SMILES string of the molecule is CCC(CC)([C@@H](N)c1ccccc1)N1CCCC1. The quantitative estimate of drug-likeness (QED) is 0.863. The number of nitrogens with two attached hydrogens (primary N) is 1. The lowest BCUT2D eigenvalue weighted by molar-refractivity contribution is 0.0767. The summed E-state index contributed by atoms with van der Waals surface area (Å²) in [5.41, 5.74) is 8.04. The Morgan fingerprint density at radius 3 is 2.17 bits per heavy atom. The van der Waals surface area contributed by atoms with E-state index in [9.17, 15) is 0 Å². The molecular weight excluding hydrogens is 220 g/mol. The van der Waals surface area contributed by atoms with Crippen LogP contribution in [0, 0.1) is 0 Å². The second-order valence-electron chi connectivity index (χ2n) is 5.39. The Bertz CT molecular complexity index is 351. The molecule has 0 aromatic heterocycles. The van der Waals surface area contributed by atoms with E-state index in [0.29, 0.717) is 0 Å². The number of hydrogen-bond acceptors (Lipinski definition) is 2. The van der Waals surface area contributed by atoms with E-state index in [-0.39, 0.29) is 11.6 Å². The van der Waals surface area contributed by atoms with Crippen molar-refractivity contribution in [3.05, 3.63) is 35.9 Å². The van der Waals surface area contributed by atoms with E-state index >= 15 is 0 Å². The molecule has 2 nitrogen and oxygen atoms in total. The fourth-order valence-corrected chi connectivity index (χ4v) is 3.47. The minimum absolute atomic E-state index is 0.117. The van der Waals surface area contributed by atoms with Gasteiger partial charge in [0.05, 0.1) is 0 Å². The Hall–Kier alpha value is -0.860. The van der Waals surface area contributed by atoms with Crippen LogP contribution in [0.4, 0.5) is 0 Å². The van der Waals surface area contributed by atoms with E-state index in [1.807, 2.05) is 0 Å². The van der Waals surface area contributed by atoms with Crippen LogP contribution in [0.5, 0.6) is 0 Å². The highest BCUT2D eigenvalue weighted by molar-refractivity contribution is 5.23. The molecule has 1 saturated heterocycles. The first-order valence-electron chi connectivity index (χ1n) is 7.30. The van der Waals surface area contributed by atoms with Crippen molar-refractivity contribution in [3.8, 4) is 0 Å². The summed E-state index contributed by atoms with van der Waals surface area (Å²) in [7, 11) is 0. The van der Waals surface area contributed by atoms with Crippen molar-refractivity contribution in [2.24, 2.45) is 5.73 Å². The van der Waals surface area contributed by atoms with E-state index in [1.165, 1.54) is 31.5 Å². The van der Waals surface area contributed by atoms with Crippen LogP contribution in [-0.4, -0.2) is 23.5 Å². The molecule has 0 unspecified atom stereocenters. The van der Waals surface area contributed by atoms with Gasteiger partial charge in [0.1, 0.15) is 0 Å². The molecule has 100 valence electrons. The van der Waals surface area contributed by atoms with Gasteiger partial charge in [-0.25, -0.2) is 0 Å². The number of benzene rings is 1. The maximum absolute atomic E-state index is 6.63. The fraction of sp³-hybridized carbons (Fsp3) is 0.625. The number of rotatable bonds is 5. The van der Waals surface area contributed by atoms with E-state index in [0.717, 1.165) is 12.8 Å². The summed E-state index contributed by atoms with van der Waals surface area (Å²) in [5.74, 6) is 0. The molecule has 0 bridgehead atoms. The molecule has 1 atom stereocenters. The zero-order valence-electron chi connectivity index (χ0n) is 11.7. The van der Waals surface area contributed by atoms with Gasteiger partial charge in [0.25, 0.3) is 0 Å². The third kappa shape index (κ3) is 2.32. The lowest BCUT2D eigenvalue weighted by atomic mass is 9.80. The van der Waals surface area contributed by atoms with Gasteiger partial charge in [-0.2, -0.15) is 0 Å². The Morgan fingerprint density at radius 2 is 1.67 bits per heavy atom. The molecule has 1 aromatic carbocycles. The average molecular weight is 246 g/mol. The molecule has 1 aromatic rings. The summed E-state index contributed by atoms with van der Waals surface area (Å²) in [5, 5.41) is 0. The molecule has 2 rings (SSSR count). The third-order valence-electron chi connectivity index (χ3n) is 4.70. The van der Waals surface area contributed by atoms with Crippen molar-refractivity contribution in [1.82, 2.24) is 4.90 Å². The van der Waals surface area contributed by atoms with E-state index in [4.69, 9.17) is 5.73 Å². The smallest absolute Gasteiger partial charge is 0.0481 e. The van der Waals surface area contributed by atoms with Crippen molar-refractivity contribution in [2.75, 3.05) is 13.1 Å². The molecule has 0 spiro atoms. The van der Waals surface area contributed by atoms with E-state index in [1.54, 1.807) is 0 Å². The second-order valence-corrected chi connectivity index (χ2v) is 5.39. The molecule has 0 amide bonds. The van der Waals surface area contributed by atoms with Gasteiger partial charge in [0, 0.05) is 11.6 Å². The van der Waals surface area contributed by atoms with Crippen LogP contribution in [0.15, 0.2) is 30.3 Å². The van der Waals surface area contributed by atoms with Crippen LogP contribution < -0.4 is 5.73 Å². The summed E-state index contributed by atoms with van der Waals surface area (Å²) in [4.78, 5) is 2.63. The monoisotopic (exact) mass is 246 g/mol. The van der Waals surface area contributed by atoms with Gasteiger partial charge in [0.15, 0.2) is 0 Å². The Balaban J connectivity index is 2.28. The molecular formula is C16H26N2. The standard InChI is InChI=1S/C16H26N2/c1-3-16(4-2,18-12-8-9-13-18)15(17)14-10-6-5-7-11-14/h5-7,10-11,15H,3-4,8-9,12-13,17H2,1-2H3/t15-/m0/s1. The van der Waals surface area contributed by atoms with Gasteiger partial charge in [-0.3, -0.25) is 4.90 Å². The molecule has 1 fully saturated rings. The van der Waals surface area contributed by atoms with Crippen molar-refractivity contribution >= 4 is 0 Å². The maximum atomic E-state index is 6.63. The van der Waals surface area contributed by atoms with Crippen LogP contribution in [0.25, 0.3) is 0 Å². The molecule has 18 heavy (non-hydrogen) atoms. The van der Waals surface area contributed by atoms with Crippen molar-refractivity contribution < 1.29 is 0 Å². The van der Waals surface area contributed by atoms with Gasteiger partial charge in [-0.05, 0) is 44.3 Å². The van der Waals surface area contributed by atoms with E-state index in [2.05, 4.69) is 49.1 Å². The van der Waals surface area contributed by atoms with Gasteiger partial charge in [-0.1, -0.05) is 44.2 Å². The van der Waals surface area contributed by atoms with Crippen molar-refractivity contribution in [1.29, 1.82) is 0 Å². The zero-order chi connectivity index (χ0) is 13.0. The summed E-state index contributed by atoms with van der Waals surface area (Å²) in [6, 6.07) is 10.7. The maximum Gasteiger partial charge on any atom is 0.0481 e. The summed E-state index contributed by atoms with van der Waals surface area (Å²) in [6.07, 6.45) is 4.89. The van der Waals surface area contributed by atoms with Gasteiger partial charge < -0.3 is 5.73 Å². The van der Waals surface area contributed by atoms with Gasteiger partial charge >= 0.3 is 0 Å². The van der Waals surface area contributed by atoms with Crippen LogP contribution in [0.1, 0.15) is 51.1 Å². The predicted molar refractivity (Wildman–Crippen MR) is 77.5 cm³/mol. The molecule has 0 aliphatic carbocycles. The van der Waals surface area contributed by atoms with Crippen molar-refractivity contribution in [2.45, 2.75) is 51.1 Å². The molecule has 1 aliphatic heterocycles. The predicted octanol–water partition coefficient (Wildman–Crippen LogP) is 3.34. The first-order chi connectivity index (χ1) is 8.74. The highest BCUT2D eigenvalue weighted by Gasteiger charge is 2.40. The van der Waals surface area contributed by atoms with Crippen molar-refractivity contribution in [3.63, 3.8) is 0 Å². The van der Waals surface area contributed by atoms with Crippen LogP contribution in [-0.2, 0) is 0 Å². The Morgan fingerprint density at radius 1 is 1.11 bits per heavy atom. The van der Waals surface area contributed by atoms with Crippen LogP contribution in [0.2, 0.25) is 0 Å². The number of likely N-dealkylation sites (tertiary alicyclic amines) is 1. The molecule has 1 heterocycles. The topological polar surface area (TPSA) is 29.3 Å². The lowest BCUT2D eigenvalue weighted by Crippen LogP contribution is -2.53. The molecule has 0 radical (unpaired) electrons. The minimum atomic E-state index is 0.117. The lowest BCUT2D eigenvalue weighted by Gasteiger charge is -2.45. The largest absolute Gasteiger partial charge is 0.322 e. The van der Waals surface area contributed by atoms with Gasteiger partial charge in [0.2, 0.25) is 0 Å². The zero-order valence-corrected chi connectivity index (χ0v) is 11.7. The van der Waals surface area contributed by atoms with Crippen LogP contribution in [0.3, 0.4) is 0 Å². The first-order valence-corrected chi connectivity index (χ1v) is 7.30. The highest BCUT2D eigenvalue weighted by atomic mass is 15.2. The second kappa shape index (κ2) is 5.85. The molecule has 2 heteroatoms. The van der Waals surface area contributed by atoms with Crippen LogP contribution >= 0.6 is 0 Å².